The SMILES string of the molecule is CCCN(CCC)S(=O)(=O)c1c(C)nn(CC(=O)NCc2ccc(F)cc2)c1C. The Kier molecular flexibility index (Phi) is 7.92. The zero-order valence-electron chi connectivity index (χ0n) is 17.4. The first-order chi connectivity index (χ1) is 13.7. The number of aryl methyl sites for hydroxylation is 1. The molecule has 0 aliphatic carbocycles. The number of carbonyl (C=O) groups is 1. The highest BCUT2D eigenvalue weighted by molar-refractivity contribution is 7.89. The van der Waals surface area contributed by atoms with Gasteiger partial charge in [-0.2, -0.15) is 9.40 Å². The number of amides is 1. The van der Waals surface area contributed by atoms with Crippen LogP contribution in [0.5, 0.6) is 0 Å². The molecule has 2 rings (SSSR count). The zero-order valence-corrected chi connectivity index (χ0v) is 18.2. The van der Waals surface area contributed by atoms with Crippen molar-refractivity contribution in [3.8, 4) is 0 Å². The van der Waals surface area contributed by atoms with Gasteiger partial charge in [0.1, 0.15) is 17.3 Å². The van der Waals surface area contributed by atoms with E-state index in [0.29, 0.717) is 24.5 Å². The molecule has 1 amide bonds. The number of nitrogens with one attached hydrogen (secondary N) is 1. The molecule has 7 nitrogen and oxygen atoms in total. The Bertz CT molecular complexity index is 933. The maximum atomic E-state index is 13.1. The highest BCUT2D eigenvalue weighted by Gasteiger charge is 2.30. The molecule has 1 aromatic heterocycles. The van der Waals surface area contributed by atoms with Gasteiger partial charge in [-0.15, -0.1) is 0 Å². The molecule has 0 fully saturated rings. The van der Waals surface area contributed by atoms with Crippen molar-refractivity contribution in [3.63, 3.8) is 0 Å². The maximum absolute atomic E-state index is 13.1. The first-order valence-corrected chi connectivity index (χ1v) is 11.2. The van der Waals surface area contributed by atoms with Crippen molar-refractivity contribution >= 4 is 15.9 Å². The predicted octanol–water partition coefficient (Wildman–Crippen LogP) is 2.77. The molecule has 0 bridgehead atoms. The fraction of sp³-hybridized carbons (Fsp3) is 0.500. The number of hydrogen-bond acceptors (Lipinski definition) is 4. The van der Waals surface area contributed by atoms with Crippen LogP contribution in [0.3, 0.4) is 0 Å². The Morgan fingerprint density at radius 1 is 1.14 bits per heavy atom. The Hall–Kier alpha value is -2.26. The van der Waals surface area contributed by atoms with Crippen LogP contribution in [0.25, 0.3) is 0 Å². The van der Waals surface area contributed by atoms with Crippen LogP contribution in [0.2, 0.25) is 0 Å². The number of nitrogens with zero attached hydrogens (tertiary/aromatic N) is 3. The minimum Gasteiger partial charge on any atom is -0.350 e. The molecule has 0 saturated heterocycles. The van der Waals surface area contributed by atoms with Gasteiger partial charge in [0.15, 0.2) is 0 Å². The number of carbonyl (C=O) groups excluding carboxylic acids is 1. The van der Waals surface area contributed by atoms with E-state index in [-0.39, 0.29) is 29.7 Å². The van der Waals surface area contributed by atoms with Gasteiger partial charge in [-0.3, -0.25) is 9.48 Å². The van der Waals surface area contributed by atoms with Crippen LogP contribution >= 0.6 is 0 Å². The molecule has 0 unspecified atom stereocenters. The molecule has 1 N–H and O–H groups in total. The lowest BCUT2D eigenvalue weighted by Crippen LogP contribution is -2.33. The second-order valence-corrected chi connectivity index (χ2v) is 8.84. The van der Waals surface area contributed by atoms with Crippen LogP contribution < -0.4 is 5.32 Å². The van der Waals surface area contributed by atoms with Crippen LogP contribution in [-0.4, -0.2) is 41.5 Å². The van der Waals surface area contributed by atoms with Crippen molar-refractivity contribution in [3.05, 3.63) is 47.0 Å². The standard InChI is InChI=1S/C20H29FN4O3S/c1-5-11-24(12-6-2)29(27,28)20-15(3)23-25(16(20)4)14-19(26)22-13-17-7-9-18(21)10-8-17/h7-10H,5-6,11-14H2,1-4H3,(H,22,26). The molecular weight excluding hydrogens is 395 g/mol. The summed E-state index contributed by atoms with van der Waals surface area (Å²) in [5.41, 5.74) is 1.59. The number of sulfonamides is 1. The molecule has 160 valence electrons. The summed E-state index contributed by atoms with van der Waals surface area (Å²) < 4.78 is 42.1. The summed E-state index contributed by atoms with van der Waals surface area (Å²) >= 11 is 0. The van der Waals surface area contributed by atoms with Gasteiger partial charge >= 0.3 is 0 Å². The van der Waals surface area contributed by atoms with Crippen LogP contribution in [-0.2, 0) is 27.9 Å². The fourth-order valence-electron chi connectivity index (χ4n) is 3.18. The van der Waals surface area contributed by atoms with Gasteiger partial charge in [0.25, 0.3) is 0 Å². The molecule has 9 heteroatoms. The smallest absolute Gasteiger partial charge is 0.246 e. The lowest BCUT2D eigenvalue weighted by Gasteiger charge is -2.21. The molecule has 0 aliphatic heterocycles. The van der Waals surface area contributed by atoms with E-state index in [0.717, 1.165) is 18.4 Å². The molecule has 2 aromatic rings. The quantitative estimate of drug-likeness (QED) is 0.636. The third-order valence-corrected chi connectivity index (χ3v) is 6.71. The van der Waals surface area contributed by atoms with E-state index in [1.807, 2.05) is 13.8 Å². The van der Waals surface area contributed by atoms with E-state index in [4.69, 9.17) is 0 Å². The number of aromatic nitrogens is 2. The van der Waals surface area contributed by atoms with Crippen molar-refractivity contribution < 1.29 is 17.6 Å². The van der Waals surface area contributed by atoms with Crippen molar-refractivity contribution in [1.29, 1.82) is 0 Å². The van der Waals surface area contributed by atoms with Gasteiger partial charge < -0.3 is 5.32 Å². The fourth-order valence-corrected chi connectivity index (χ4v) is 5.18. The first-order valence-electron chi connectivity index (χ1n) is 9.76. The Labute approximate surface area is 172 Å². The molecule has 0 spiro atoms. The van der Waals surface area contributed by atoms with Gasteiger partial charge in [-0.1, -0.05) is 26.0 Å². The highest BCUT2D eigenvalue weighted by Crippen LogP contribution is 2.24. The molecule has 0 radical (unpaired) electrons. The van der Waals surface area contributed by atoms with E-state index in [9.17, 15) is 17.6 Å². The predicted molar refractivity (Wildman–Crippen MR) is 109 cm³/mol. The maximum Gasteiger partial charge on any atom is 0.246 e. The average Bonchev–Trinajstić information content (AvgIpc) is 2.94. The summed E-state index contributed by atoms with van der Waals surface area (Å²) in [5, 5.41) is 7.03. The molecule has 1 heterocycles. The summed E-state index contributed by atoms with van der Waals surface area (Å²) in [6, 6.07) is 5.86. The lowest BCUT2D eigenvalue weighted by molar-refractivity contribution is -0.122. The molecule has 29 heavy (non-hydrogen) atoms. The van der Waals surface area contributed by atoms with Crippen LogP contribution in [0, 0.1) is 19.7 Å². The van der Waals surface area contributed by atoms with Gasteiger partial charge in [0.05, 0.1) is 11.4 Å². The normalized spacial score (nSPS) is 11.8. The summed E-state index contributed by atoms with van der Waals surface area (Å²) in [5.74, 6) is -0.639. The largest absolute Gasteiger partial charge is 0.350 e. The van der Waals surface area contributed by atoms with Crippen molar-refractivity contribution in [2.75, 3.05) is 13.1 Å². The average molecular weight is 425 g/mol. The summed E-state index contributed by atoms with van der Waals surface area (Å²) in [6.45, 7) is 8.23. The monoisotopic (exact) mass is 424 g/mol. The number of benzene rings is 1. The third kappa shape index (κ3) is 5.63. The zero-order chi connectivity index (χ0) is 21.6. The lowest BCUT2D eigenvalue weighted by atomic mass is 10.2. The molecule has 0 atom stereocenters. The molecule has 0 saturated carbocycles. The number of hydrogen-bond donors (Lipinski definition) is 1. The molecule has 0 aliphatic rings. The van der Waals surface area contributed by atoms with Crippen molar-refractivity contribution in [1.82, 2.24) is 19.4 Å². The van der Waals surface area contributed by atoms with E-state index >= 15 is 0 Å². The van der Waals surface area contributed by atoms with E-state index in [2.05, 4.69) is 10.4 Å². The Morgan fingerprint density at radius 2 is 1.72 bits per heavy atom. The molecule has 1 aromatic carbocycles. The second-order valence-electron chi connectivity index (χ2n) is 6.96. The van der Waals surface area contributed by atoms with Crippen LogP contribution in [0.15, 0.2) is 29.2 Å². The molecular formula is C20H29FN4O3S. The summed E-state index contributed by atoms with van der Waals surface area (Å²) in [6.07, 6.45) is 1.44. The van der Waals surface area contributed by atoms with Gasteiger partial charge in [-0.25, -0.2) is 12.8 Å². The summed E-state index contributed by atoms with van der Waals surface area (Å²) in [7, 11) is -3.68. The van der Waals surface area contributed by atoms with E-state index < -0.39 is 10.0 Å². The van der Waals surface area contributed by atoms with Crippen molar-refractivity contribution in [2.45, 2.75) is 58.5 Å². The third-order valence-electron chi connectivity index (χ3n) is 4.56. The number of rotatable bonds is 10. The second kappa shape index (κ2) is 9.98. The minimum atomic E-state index is -3.68. The van der Waals surface area contributed by atoms with Gasteiger partial charge in [-0.05, 0) is 44.4 Å². The Balaban J connectivity index is 2.15. The van der Waals surface area contributed by atoms with E-state index in [1.165, 1.54) is 21.1 Å². The van der Waals surface area contributed by atoms with E-state index in [1.54, 1.807) is 26.0 Å². The van der Waals surface area contributed by atoms with Crippen LogP contribution in [0.4, 0.5) is 4.39 Å². The summed E-state index contributed by atoms with van der Waals surface area (Å²) in [4.78, 5) is 12.5. The highest BCUT2D eigenvalue weighted by atomic mass is 32.2. The topological polar surface area (TPSA) is 84.3 Å². The van der Waals surface area contributed by atoms with Gasteiger partial charge in [0.2, 0.25) is 15.9 Å². The van der Waals surface area contributed by atoms with Crippen LogP contribution in [0.1, 0.15) is 43.6 Å². The van der Waals surface area contributed by atoms with Crippen molar-refractivity contribution in [2.24, 2.45) is 0 Å². The van der Waals surface area contributed by atoms with Gasteiger partial charge in [0, 0.05) is 19.6 Å². The minimum absolute atomic E-state index is 0.0923. The Morgan fingerprint density at radius 3 is 2.28 bits per heavy atom. The first kappa shape index (κ1) is 23.0. The number of halogens is 1.